The second kappa shape index (κ2) is 5.81. The lowest BCUT2D eigenvalue weighted by atomic mass is 9.46. The zero-order chi connectivity index (χ0) is 18.2. The molecule has 1 heterocycles. The molecule has 7 atom stereocenters. The molecule has 4 fully saturated rings. The molecule has 27 heavy (non-hydrogen) atoms. The number of fused-ring (bicyclic) bond motifs is 6. The van der Waals surface area contributed by atoms with E-state index in [9.17, 15) is 4.79 Å². The summed E-state index contributed by atoms with van der Waals surface area (Å²) in [5.74, 6) is 5.48. The van der Waals surface area contributed by atoms with E-state index in [2.05, 4.69) is 25.2 Å². The van der Waals surface area contributed by atoms with Gasteiger partial charge in [-0.15, -0.1) is 0 Å². The predicted octanol–water partition coefficient (Wildman–Crippen LogP) is 5.48. The van der Waals surface area contributed by atoms with Crippen LogP contribution < -0.4 is 0 Å². The van der Waals surface area contributed by atoms with Gasteiger partial charge in [0.15, 0.2) is 5.78 Å². The first-order valence-electron chi connectivity index (χ1n) is 11.7. The average molecular weight is 367 g/mol. The molecule has 0 bridgehead atoms. The van der Waals surface area contributed by atoms with E-state index >= 15 is 0 Å². The normalized spacial score (nSPS) is 51.1. The molecule has 4 saturated carbocycles. The average Bonchev–Trinajstić information content (AvgIpc) is 3.33. The summed E-state index contributed by atoms with van der Waals surface area (Å²) in [6, 6.07) is 0. The fourth-order valence-corrected chi connectivity index (χ4v) is 8.84. The van der Waals surface area contributed by atoms with Gasteiger partial charge in [-0.2, -0.15) is 0 Å². The molecule has 0 radical (unpaired) electrons. The van der Waals surface area contributed by atoms with Crippen LogP contribution in [0.5, 0.6) is 0 Å². The standard InChI is InChI=1S/C25H34O2/c1-2-24-11-8-20-19-7-6-18(26)14-17(19)15-21(16-4-5-16)23(20)22(24)9-12-25(24)10-3-13-27-25/h3,10,14,16,19-23H,2,4-9,11-13,15H2,1H3. The third kappa shape index (κ3) is 2.20. The van der Waals surface area contributed by atoms with Gasteiger partial charge in [0.2, 0.25) is 0 Å². The smallest absolute Gasteiger partial charge is 0.155 e. The van der Waals surface area contributed by atoms with Crippen LogP contribution in [0.4, 0.5) is 0 Å². The van der Waals surface area contributed by atoms with E-state index in [1.807, 2.05) is 0 Å². The highest BCUT2D eigenvalue weighted by molar-refractivity contribution is 5.91. The van der Waals surface area contributed by atoms with Gasteiger partial charge in [0, 0.05) is 11.8 Å². The Balaban J connectivity index is 1.42. The molecule has 0 amide bonds. The summed E-state index contributed by atoms with van der Waals surface area (Å²) in [4.78, 5) is 12.1. The molecule has 0 N–H and O–H groups in total. The van der Waals surface area contributed by atoms with Gasteiger partial charge in [0.05, 0.1) is 12.2 Å². The van der Waals surface area contributed by atoms with Crippen molar-refractivity contribution in [3.05, 3.63) is 23.8 Å². The lowest BCUT2D eigenvalue weighted by Gasteiger charge is -2.59. The van der Waals surface area contributed by atoms with Crippen molar-refractivity contribution in [2.24, 2.45) is 40.9 Å². The topological polar surface area (TPSA) is 26.3 Å². The number of hydrogen-bond acceptors (Lipinski definition) is 2. The highest BCUT2D eigenvalue weighted by Gasteiger charge is 2.66. The monoisotopic (exact) mass is 366 g/mol. The van der Waals surface area contributed by atoms with E-state index in [0.717, 1.165) is 49.0 Å². The van der Waals surface area contributed by atoms with Gasteiger partial charge >= 0.3 is 0 Å². The number of allylic oxidation sites excluding steroid dienone is 1. The molecule has 1 aliphatic heterocycles. The number of ketones is 1. The lowest BCUT2D eigenvalue weighted by molar-refractivity contribution is -0.135. The van der Waals surface area contributed by atoms with E-state index in [1.54, 1.807) is 5.57 Å². The van der Waals surface area contributed by atoms with Crippen molar-refractivity contribution in [1.82, 2.24) is 0 Å². The molecule has 0 aromatic rings. The van der Waals surface area contributed by atoms with Crippen LogP contribution in [0.3, 0.4) is 0 Å². The van der Waals surface area contributed by atoms with Gasteiger partial charge < -0.3 is 4.74 Å². The molecule has 2 nitrogen and oxygen atoms in total. The molecule has 7 unspecified atom stereocenters. The largest absolute Gasteiger partial charge is 0.366 e. The lowest BCUT2D eigenvalue weighted by Crippen LogP contribution is -2.55. The molecule has 0 aromatic carbocycles. The molecule has 1 spiro atoms. The molecular formula is C25H34O2. The summed E-state index contributed by atoms with van der Waals surface area (Å²) in [5.41, 5.74) is 1.97. The minimum absolute atomic E-state index is 0.0458. The quantitative estimate of drug-likeness (QED) is 0.605. The summed E-state index contributed by atoms with van der Waals surface area (Å²) < 4.78 is 6.51. The van der Waals surface area contributed by atoms with Crippen LogP contribution in [0.1, 0.15) is 71.1 Å². The van der Waals surface area contributed by atoms with Crippen LogP contribution in [-0.2, 0) is 9.53 Å². The number of carbonyl (C=O) groups excluding carboxylic acids is 1. The minimum atomic E-state index is 0.0458. The van der Waals surface area contributed by atoms with Gasteiger partial charge in [0.25, 0.3) is 0 Å². The predicted molar refractivity (Wildman–Crippen MR) is 106 cm³/mol. The van der Waals surface area contributed by atoms with Crippen LogP contribution >= 0.6 is 0 Å². The maximum absolute atomic E-state index is 12.1. The first kappa shape index (κ1) is 17.0. The zero-order valence-corrected chi connectivity index (χ0v) is 16.8. The Kier molecular flexibility index (Phi) is 3.66. The number of hydrogen-bond donors (Lipinski definition) is 0. The Bertz CT molecular complexity index is 716. The Hall–Kier alpha value is -0.890. The van der Waals surface area contributed by atoms with Crippen molar-refractivity contribution in [3.8, 4) is 0 Å². The first-order valence-corrected chi connectivity index (χ1v) is 11.7. The second-order valence-corrected chi connectivity index (χ2v) is 10.6. The highest BCUT2D eigenvalue weighted by atomic mass is 16.5. The summed E-state index contributed by atoms with van der Waals surface area (Å²) in [7, 11) is 0. The van der Waals surface area contributed by atoms with Crippen molar-refractivity contribution in [1.29, 1.82) is 0 Å². The summed E-state index contributed by atoms with van der Waals surface area (Å²) >= 11 is 0. The maximum Gasteiger partial charge on any atom is 0.155 e. The third-order valence-corrected chi connectivity index (χ3v) is 9.95. The molecule has 0 saturated heterocycles. The Labute approximate surface area is 163 Å². The molecule has 146 valence electrons. The van der Waals surface area contributed by atoms with Crippen molar-refractivity contribution >= 4 is 5.78 Å². The van der Waals surface area contributed by atoms with E-state index in [1.165, 1.54) is 51.4 Å². The fourth-order valence-electron chi connectivity index (χ4n) is 8.84. The molecular weight excluding hydrogens is 332 g/mol. The van der Waals surface area contributed by atoms with Gasteiger partial charge in [-0.25, -0.2) is 0 Å². The second-order valence-electron chi connectivity index (χ2n) is 10.6. The number of rotatable bonds is 2. The SMILES string of the molecule is CCC12CCC3C4CCC(=O)C=C4CC(C4CC4)C3C1CCC21C=CCO1. The fraction of sp³-hybridized carbons (Fsp3) is 0.800. The van der Waals surface area contributed by atoms with Crippen LogP contribution in [0, 0.1) is 40.9 Å². The Morgan fingerprint density at radius 3 is 2.74 bits per heavy atom. The number of ether oxygens (including phenoxy) is 1. The Morgan fingerprint density at radius 2 is 2.00 bits per heavy atom. The van der Waals surface area contributed by atoms with E-state index in [-0.39, 0.29) is 5.60 Å². The van der Waals surface area contributed by atoms with Gasteiger partial charge in [0.1, 0.15) is 0 Å². The maximum atomic E-state index is 12.1. The van der Waals surface area contributed by atoms with Crippen LogP contribution in [-0.4, -0.2) is 18.0 Å². The van der Waals surface area contributed by atoms with E-state index in [0.29, 0.717) is 17.1 Å². The van der Waals surface area contributed by atoms with Crippen LogP contribution in [0.25, 0.3) is 0 Å². The van der Waals surface area contributed by atoms with Gasteiger partial charge in [-0.1, -0.05) is 24.6 Å². The van der Waals surface area contributed by atoms with Crippen LogP contribution in [0.15, 0.2) is 23.8 Å². The van der Waals surface area contributed by atoms with Crippen LogP contribution in [0.2, 0.25) is 0 Å². The van der Waals surface area contributed by atoms with E-state index in [4.69, 9.17) is 4.74 Å². The summed E-state index contributed by atoms with van der Waals surface area (Å²) in [6.07, 6.45) is 19.5. The first-order chi connectivity index (χ1) is 13.2. The van der Waals surface area contributed by atoms with Crippen molar-refractivity contribution in [2.75, 3.05) is 6.61 Å². The summed E-state index contributed by atoms with van der Waals surface area (Å²) in [5, 5.41) is 0. The molecule has 6 aliphatic rings. The molecule has 2 heteroatoms. The molecule has 5 aliphatic carbocycles. The Morgan fingerprint density at radius 1 is 1.11 bits per heavy atom. The van der Waals surface area contributed by atoms with Crippen molar-refractivity contribution < 1.29 is 9.53 Å². The minimum Gasteiger partial charge on any atom is -0.366 e. The highest BCUT2D eigenvalue weighted by Crippen LogP contribution is 2.70. The molecule has 0 aromatic heterocycles. The summed E-state index contributed by atoms with van der Waals surface area (Å²) in [6.45, 7) is 3.27. The number of carbonyl (C=O) groups is 1. The zero-order valence-electron chi connectivity index (χ0n) is 16.8. The molecule has 6 rings (SSSR count). The third-order valence-electron chi connectivity index (χ3n) is 9.95. The van der Waals surface area contributed by atoms with Gasteiger partial charge in [-0.05, 0) is 99.4 Å². The van der Waals surface area contributed by atoms with E-state index < -0.39 is 0 Å². The van der Waals surface area contributed by atoms with Crippen molar-refractivity contribution in [3.63, 3.8) is 0 Å². The van der Waals surface area contributed by atoms with Crippen molar-refractivity contribution in [2.45, 2.75) is 76.7 Å². The van der Waals surface area contributed by atoms with Gasteiger partial charge in [-0.3, -0.25) is 4.79 Å².